The van der Waals surface area contributed by atoms with E-state index in [1.54, 1.807) is 6.92 Å². The first-order valence-electron chi connectivity index (χ1n) is 7.25. The molecule has 2 rings (SSSR count). The molecule has 0 saturated carbocycles. The Morgan fingerprint density at radius 1 is 1.23 bits per heavy atom. The Kier molecular flexibility index (Phi) is 9.02. The summed E-state index contributed by atoms with van der Waals surface area (Å²) < 4.78 is 10.9. The molecule has 9 heteroatoms. The lowest BCUT2D eigenvalue weighted by atomic mass is 10.2. The van der Waals surface area contributed by atoms with Crippen LogP contribution in [0, 0.1) is 10.1 Å². The Labute approximate surface area is 168 Å². The molecule has 2 atom stereocenters. The van der Waals surface area contributed by atoms with Crippen molar-refractivity contribution in [3.63, 3.8) is 0 Å². The van der Waals surface area contributed by atoms with Crippen molar-refractivity contribution in [2.24, 2.45) is 0 Å². The highest BCUT2D eigenvalue weighted by Gasteiger charge is 2.14. The molecule has 0 spiro atoms. The van der Waals surface area contributed by atoms with Gasteiger partial charge in [0.15, 0.2) is 0 Å². The van der Waals surface area contributed by atoms with Crippen LogP contribution in [0.2, 0.25) is 0 Å². The molecule has 6 nitrogen and oxygen atoms in total. The van der Waals surface area contributed by atoms with Crippen molar-refractivity contribution in [2.75, 3.05) is 6.61 Å². The Balaban J connectivity index is 0.00000338. The molecule has 0 aromatic heterocycles. The summed E-state index contributed by atoms with van der Waals surface area (Å²) >= 11 is 2.18. The number of carbonyl (C=O) groups excluding carboxylic acids is 1. The zero-order valence-electron chi connectivity index (χ0n) is 13.3. The number of rotatable bonds is 7. The maximum Gasteiger partial charge on any atom is 0.338 e. The van der Waals surface area contributed by atoms with Gasteiger partial charge in [-0.25, -0.2) is 4.79 Å². The molecule has 2 aromatic rings. The van der Waals surface area contributed by atoms with E-state index in [2.05, 4.69) is 22.0 Å². The largest absolute Gasteiger partial charge is 0.490 e. The molecule has 0 amide bonds. The molecular weight excluding hydrogens is 467 g/mol. The summed E-state index contributed by atoms with van der Waals surface area (Å²) in [5.41, 5.74) is -0.500. The number of esters is 1. The van der Waals surface area contributed by atoms with Crippen molar-refractivity contribution in [3.8, 4) is 5.75 Å². The zero-order valence-corrected chi connectivity index (χ0v) is 16.3. The van der Waals surface area contributed by atoms with E-state index in [4.69, 9.17) is 17.0 Å². The van der Waals surface area contributed by atoms with Crippen LogP contribution in [0.4, 0.5) is 5.69 Å². The van der Waals surface area contributed by atoms with Crippen LogP contribution < -0.4 is 10.0 Å². The van der Waals surface area contributed by atoms with Gasteiger partial charge in [-0.2, -0.15) is 0 Å². The number of carbonyl (C=O) groups is 1. The summed E-state index contributed by atoms with van der Waals surface area (Å²) in [4.78, 5) is 22.1. The lowest BCUT2D eigenvalue weighted by Crippen LogP contribution is -2.22. The first-order chi connectivity index (χ1) is 11.9. The third-order valence-corrected chi connectivity index (χ3v) is 5.65. The van der Waals surface area contributed by atoms with Crippen molar-refractivity contribution in [1.82, 2.24) is 0 Å². The van der Waals surface area contributed by atoms with Gasteiger partial charge < -0.3 is 9.47 Å². The van der Waals surface area contributed by atoms with Crippen molar-refractivity contribution in [1.29, 1.82) is 0 Å². The molecule has 26 heavy (non-hydrogen) atoms. The summed E-state index contributed by atoms with van der Waals surface area (Å²) in [6.45, 7) is 1.90. The van der Waals surface area contributed by atoms with E-state index in [-0.39, 0.29) is 25.3 Å². The van der Waals surface area contributed by atoms with E-state index in [1.807, 2.05) is 24.3 Å². The van der Waals surface area contributed by atoms with Gasteiger partial charge in [0.1, 0.15) is 26.0 Å². The third-order valence-electron chi connectivity index (χ3n) is 3.19. The molecule has 0 heterocycles. The number of halogens is 1. The van der Waals surface area contributed by atoms with Crippen LogP contribution in [0.15, 0.2) is 48.5 Å². The molecule has 0 fully saturated rings. The molecule has 0 aliphatic heterocycles. The van der Waals surface area contributed by atoms with Crippen LogP contribution in [0.1, 0.15) is 24.7 Å². The van der Waals surface area contributed by atoms with Gasteiger partial charge >= 0.3 is 5.97 Å². The zero-order chi connectivity index (χ0) is 18.4. The van der Waals surface area contributed by atoms with Crippen LogP contribution in [-0.2, 0) is 4.74 Å². The summed E-state index contributed by atoms with van der Waals surface area (Å²) in [6, 6.07) is 12.7. The van der Waals surface area contributed by atoms with Gasteiger partial charge in [-0.05, 0) is 36.5 Å². The number of nitro groups is 1. The molecule has 0 aliphatic rings. The van der Waals surface area contributed by atoms with E-state index in [0.717, 1.165) is 5.30 Å². The van der Waals surface area contributed by atoms with Crippen molar-refractivity contribution < 1.29 is 19.2 Å². The van der Waals surface area contributed by atoms with E-state index >= 15 is 0 Å². The molecule has 2 radical (unpaired) electrons. The van der Waals surface area contributed by atoms with Crippen molar-refractivity contribution in [2.45, 2.75) is 20.5 Å². The first-order valence-corrected chi connectivity index (χ1v) is 11.5. The highest BCUT2D eigenvalue weighted by atomic mass is 127. The highest BCUT2D eigenvalue weighted by molar-refractivity contribution is 14.2. The molecule has 0 aliphatic carbocycles. The SMILES string of the molecule is C.[B]P(I)c1ccc(OCC(C)OC(=O)c2ccc([N+](=O)[O-])cc2)cc1. The molecule has 2 unspecified atom stereocenters. The lowest BCUT2D eigenvalue weighted by Gasteiger charge is -2.15. The topological polar surface area (TPSA) is 78.7 Å². The normalized spacial score (nSPS) is 12.4. The Hall–Kier alpha value is -1.67. The Morgan fingerprint density at radius 2 is 1.81 bits per heavy atom. The fourth-order valence-corrected chi connectivity index (χ4v) is 3.30. The van der Waals surface area contributed by atoms with Crippen molar-refractivity contribution >= 4 is 52.0 Å². The van der Waals surface area contributed by atoms with Crippen LogP contribution >= 0.6 is 27.5 Å². The van der Waals surface area contributed by atoms with Crippen LogP contribution in [0.3, 0.4) is 0 Å². The standard InChI is InChI=1S/C16H14BINO5P.CH4/c1-11(10-23-14-6-8-15(9-7-14)25(17)18)24-16(20)12-2-4-13(5-3-12)19(21)22;/h2-9,11H,10H2,1H3;1H4. The predicted molar refractivity (Wildman–Crippen MR) is 113 cm³/mol. The number of non-ortho nitro benzene ring substituents is 1. The fourth-order valence-electron chi connectivity index (χ4n) is 1.90. The quantitative estimate of drug-likeness (QED) is 0.145. The minimum atomic E-state index is -0.671. The van der Waals surface area contributed by atoms with E-state index in [9.17, 15) is 14.9 Å². The maximum atomic E-state index is 12.0. The number of nitro benzene ring substituents is 1. The molecule has 136 valence electrons. The lowest BCUT2D eigenvalue weighted by molar-refractivity contribution is -0.384. The Morgan fingerprint density at radius 3 is 2.31 bits per heavy atom. The van der Waals surface area contributed by atoms with Crippen LogP contribution in [-0.4, -0.2) is 31.2 Å². The second-order valence-corrected chi connectivity index (χ2v) is 9.39. The number of hydrogen-bond donors (Lipinski definition) is 0. The second-order valence-electron chi connectivity index (χ2n) is 5.14. The summed E-state index contributed by atoms with van der Waals surface area (Å²) in [5.74, 6) is 0.107. The van der Waals surface area contributed by atoms with E-state index in [0.29, 0.717) is 5.75 Å². The molecular formula is C17H18BINO5P. The van der Waals surface area contributed by atoms with Crippen LogP contribution in [0.5, 0.6) is 5.75 Å². The molecule has 0 bridgehead atoms. The van der Waals surface area contributed by atoms with Crippen molar-refractivity contribution in [3.05, 3.63) is 64.2 Å². The van der Waals surface area contributed by atoms with Crippen LogP contribution in [0.25, 0.3) is 0 Å². The van der Waals surface area contributed by atoms with Gasteiger partial charge in [0.25, 0.3) is 5.69 Å². The average Bonchev–Trinajstić information content (AvgIpc) is 2.60. The summed E-state index contributed by atoms with van der Waals surface area (Å²) in [6.07, 6.45) is -0.474. The fraction of sp³-hybridized carbons (Fsp3) is 0.235. The summed E-state index contributed by atoms with van der Waals surface area (Å²) in [5, 5.41) is 11.7. The number of benzene rings is 2. The number of nitrogens with zero attached hydrogens (tertiary/aromatic N) is 1. The first kappa shape index (κ1) is 22.4. The second kappa shape index (κ2) is 10.5. The summed E-state index contributed by atoms with van der Waals surface area (Å²) in [7, 11) is 5.84. The van der Waals surface area contributed by atoms with E-state index < -0.39 is 22.4 Å². The maximum absolute atomic E-state index is 12.0. The third kappa shape index (κ3) is 6.57. The predicted octanol–water partition coefficient (Wildman–Crippen LogP) is 4.40. The van der Waals surface area contributed by atoms with Gasteiger partial charge in [0.05, 0.1) is 10.5 Å². The molecule has 0 saturated heterocycles. The molecule has 2 aromatic carbocycles. The van der Waals surface area contributed by atoms with E-state index in [1.165, 1.54) is 24.3 Å². The monoisotopic (exact) mass is 485 g/mol. The van der Waals surface area contributed by atoms with Gasteiger partial charge in [-0.3, -0.25) is 10.1 Å². The van der Waals surface area contributed by atoms with Gasteiger partial charge in [-0.15, -0.1) is 0 Å². The molecule has 0 N–H and O–H groups in total. The van der Waals surface area contributed by atoms with Gasteiger partial charge in [-0.1, -0.05) is 47.0 Å². The highest BCUT2D eigenvalue weighted by Crippen LogP contribution is 2.37. The van der Waals surface area contributed by atoms with Gasteiger partial charge in [0, 0.05) is 12.1 Å². The minimum Gasteiger partial charge on any atom is -0.490 e. The number of ether oxygens (including phenoxy) is 2. The Bertz CT molecular complexity index is 740. The average molecular weight is 485 g/mol. The number of hydrogen-bond acceptors (Lipinski definition) is 5. The smallest absolute Gasteiger partial charge is 0.338 e. The minimum absolute atomic E-state index is 0. The van der Waals surface area contributed by atoms with Gasteiger partial charge in [0.2, 0.25) is 0 Å².